The molecule has 1 rings (SSSR count). The van der Waals surface area contributed by atoms with E-state index in [9.17, 15) is 9.59 Å². The zero-order valence-electron chi connectivity index (χ0n) is 10.1. The standard InChI is InChI=1S/C11H17N3O3/c1-4-5-8-9(12-6-7-15)13(2)11(17)14(3)10(8)16/h4,12,15H,1,5-7H2,2-3H3. The summed E-state index contributed by atoms with van der Waals surface area (Å²) in [5, 5.41) is 11.7. The number of allylic oxidation sites excluding steroid dienone is 1. The van der Waals surface area contributed by atoms with Crippen molar-refractivity contribution in [3.8, 4) is 0 Å². The van der Waals surface area contributed by atoms with Gasteiger partial charge in [0.1, 0.15) is 5.82 Å². The van der Waals surface area contributed by atoms with Gasteiger partial charge < -0.3 is 10.4 Å². The van der Waals surface area contributed by atoms with Gasteiger partial charge in [-0.1, -0.05) is 6.08 Å². The third-order valence-corrected chi connectivity index (χ3v) is 2.51. The van der Waals surface area contributed by atoms with Crippen LogP contribution in [0.25, 0.3) is 0 Å². The number of nitrogens with one attached hydrogen (secondary N) is 1. The number of hydrogen-bond donors (Lipinski definition) is 2. The molecule has 0 aliphatic rings. The molecule has 0 atom stereocenters. The van der Waals surface area contributed by atoms with E-state index in [1.54, 1.807) is 13.1 Å². The van der Waals surface area contributed by atoms with Crippen molar-refractivity contribution in [1.82, 2.24) is 9.13 Å². The average Bonchev–Trinajstić information content (AvgIpc) is 2.33. The molecule has 0 aliphatic carbocycles. The number of aromatic nitrogens is 2. The summed E-state index contributed by atoms with van der Waals surface area (Å²) in [6.45, 7) is 3.80. The van der Waals surface area contributed by atoms with Gasteiger partial charge in [0.2, 0.25) is 0 Å². The molecule has 0 aliphatic heterocycles. The van der Waals surface area contributed by atoms with E-state index in [0.717, 1.165) is 4.57 Å². The monoisotopic (exact) mass is 239 g/mol. The topological polar surface area (TPSA) is 76.3 Å². The Kier molecular flexibility index (Phi) is 4.28. The molecule has 0 saturated carbocycles. The van der Waals surface area contributed by atoms with Gasteiger partial charge >= 0.3 is 5.69 Å². The van der Waals surface area contributed by atoms with E-state index < -0.39 is 5.69 Å². The van der Waals surface area contributed by atoms with E-state index >= 15 is 0 Å². The minimum Gasteiger partial charge on any atom is -0.395 e. The van der Waals surface area contributed by atoms with E-state index in [2.05, 4.69) is 11.9 Å². The maximum Gasteiger partial charge on any atom is 0.332 e. The molecule has 17 heavy (non-hydrogen) atoms. The number of nitrogens with zero attached hydrogens (tertiary/aromatic N) is 2. The van der Waals surface area contributed by atoms with Gasteiger partial charge in [0.05, 0.1) is 12.2 Å². The molecule has 2 N–H and O–H groups in total. The van der Waals surface area contributed by atoms with Gasteiger partial charge in [-0.25, -0.2) is 4.79 Å². The maximum atomic E-state index is 11.9. The summed E-state index contributed by atoms with van der Waals surface area (Å²) in [4.78, 5) is 23.6. The van der Waals surface area contributed by atoms with Crippen LogP contribution in [0.2, 0.25) is 0 Å². The van der Waals surface area contributed by atoms with Crippen molar-refractivity contribution in [3.05, 3.63) is 39.1 Å². The second-order valence-corrected chi connectivity index (χ2v) is 3.68. The molecule has 6 nitrogen and oxygen atoms in total. The van der Waals surface area contributed by atoms with Crippen LogP contribution in [0.3, 0.4) is 0 Å². The van der Waals surface area contributed by atoms with Crippen LogP contribution in [0, 0.1) is 0 Å². The average molecular weight is 239 g/mol. The number of aliphatic hydroxyl groups excluding tert-OH is 1. The van der Waals surface area contributed by atoms with Crippen LogP contribution in [-0.2, 0) is 20.5 Å². The first-order chi connectivity index (χ1) is 8.04. The Morgan fingerprint density at radius 3 is 2.53 bits per heavy atom. The summed E-state index contributed by atoms with van der Waals surface area (Å²) < 4.78 is 2.42. The smallest absolute Gasteiger partial charge is 0.332 e. The highest BCUT2D eigenvalue weighted by Crippen LogP contribution is 2.08. The van der Waals surface area contributed by atoms with E-state index in [-0.39, 0.29) is 18.7 Å². The van der Waals surface area contributed by atoms with Gasteiger partial charge in [0, 0.05) is 20.6 Å². The van der Waals surface area contributed by atoms with Crippen LogP contribution < -0.4 is 16.6 Å². The Balaban J connectivity index is 3.47. The lowest BCUT2D eigenvalue weighted by molar-refractivity contribution is 0.310. The van der Waals surface area contributed by atoms with Crippen molar-refractivity contribution in [2.24, 2.45) is 14.1 Å². The molecular weight excluding hydrogens is 222 g/mol. The van der Waals surface area contributed by atoms with Crippen molar-refractivity contribution in [1.29, 1.82) is 0 Å². The molecule has 0 aromatic carbocycles. The molecule has 1 aromatic rings. The first-order valence-electron chi connectivity index (χ1n) is 5.29. The van der Waals surface area contributed by atoms with Crippen LogP contribution in [0.1, 0.15) is 5.56 Å². The summed E-state index contributed by atoms with van der Waals surface area (Å²) >= 11 is 0. The summed E-state index contributed by atoms with van der Waals surface area (Å²) in [5.41, 5.74) is -0.269. The van der Waals surface area contributed by atoms with Crippen LogP contribution >= 0.6 is 0 Å². The quantitative estimate of drug-likeness (QED) is 0.661. The van der Waals surface area contributed by atoms with E-state index in [0.29, 0.717) is 17.8 Å². The van der Waals surface area contributed by atoms with Gasteiger partial charge in [-0.15, -0.1) is 6.58 Å². The Hall–Kier alpha value is -1.82. The lowest BCUT2D eigenvalue weighted by Crippen LogP contribution is -2.40. The summed E-state index contributed by atoms with van der Waals surface area (Å²) in [6, 6.07) is 0. The molecule has 1 heterocycles. The highest BCUT2D eigenvalue weighted by molar-refractivity contribution is 5.44. The van der Waals surface area contributed by atoms with Crippen molar-refractivity contribution in [2.75, 3.05) is 18.5 Å². The first-order valence-corrected chi connectivity index (χ1v) is 5.29. The van der Waals surface area contributed by atoms with Gasteiger partial charge in [-0.2, -0.15) is 0 Å². The molecule has 0 spiro atoms. The third kappa shape index (κ3) is 2.47. The predicted octanol–water partition coefficient (Wildman–Crippen LogP) is -0.783. The molecular formula is C11H17N3O3. The van der Waals surface area contributed by atoms with Crippen molar-refractivity contribution >= 4 is 5.82 Å². The number of rotatable bonds is 5. The second-order valence-electron chi connectivity index (χ2n) is 3.68. The van der Waals surface area contributed by atoms with Crippen molar-refractivity contribution in [2.45, 2.75) is 6.42 Å². The van der Waals surface area contributed by atoms with Crippen LogP contribution in [0.5, 0.6) is 0 Å². The van der Waals surface area contributed by atoms with Crippen LogP contribution in [-0.4, -0.2) is 27.4 Å². The molecule has 0 unspecified atom stereocenters. The fraction of sp³-hybridized carbons (Fsp3) is 0.455. The summed E-state index contributed by atoms with van der Waals surface area (Å²) in [5.74, 6) is 0.437. The second kappa shape index (κ2) is 5.49. The SMILES string of the molecule is C=CCc1c(NCCO)n(C)c(=O)n(C)c1=O. The Morgan fingerprint density at radius 1 is 1.35 bits per heavy atom. The van der Waals surface area contributed by atoms with E-state index in [1.807, 2.05) is 0 Å². The van der Waals surface area contributed by atoms with Crippen LogP contribution in [0.15, 0.2) is 22.2 Å². The highest BCUT2D eigenvalue weighted by atomic mass is 16.3. The van der Waals surface area contributed by atoms with E-state index in [1.165, 1.54) is 11.6 Å². The molecule has 1 aromatic heterocycles. The largest absolute Gasteiger partial charge is 0.395 e. The molecule has 0 bridgehead atoms. The van der Waals surface area contributed by atoms with Crippen molar-refractivity contribution in [3.63, 3.8) is 0 Å². The fourth-order valence-corrected chi connectivity index (χ4v) is 1.64. The number of hydrogen-bond acceptors (Lipinski definition) is 4. The Labute approximate surface area is 98.8 Å². The fourth-order valence-electron chi connectivity index (χ4n) is 1.64. The molecule has 94 valence electrons. The predicted molar refractivity (Wildman–Crippen MR) is 66.4 cm³/mol. The minimum absolute atomic E-state index is 0.0725. The lowest BCUT2D eigenvalue weighted by atomic mass is 10.2. The molecule has 0 radical (unpaired) electrons. The number of aliphatic hydroxyl groups is 1. The molecule has 0 amide bonds. The normalized spacial score (nSPS) is 10.3. The number of anilines is 1. The Morgan fingerprint density at radius 2 is 2.00 bits per heavy atom. The van der Waals surface area contributed by atoms with Gasteiger partial charge in [-0.3, -0.25) is 13.9 Å². The molecule has 0 fully saturated rings. The van der Waals surface area contributed by atoms with Crippen molar-refractivity contribution < 1.29 is 5.11 Å². The highest BCUT2D eigenvalue weighted by Gasteiger charge is 2.13. The summed E-state index contributed by atoms with van der Waals surface area (Å²) in [7, 11) is 3.02. The zero-order chi connectivity index (χ0) is 13.0. The maximum absolute atomic E-state index is 11.9. The first kappa shape index (κ1) is 13.2. The van der Waals surface area contributed by atoms with E-state index in [4.69, 9.17) is 5.11 Å². The third-order valence-electron chi connectivity index (χ3n) is 2.51. The van der Waals surface area contributed by atoms with Crippen LogP contribution in [0.4, 0.5) is 5.82 Å². The Bertz CT molecular complexity index is 528. The van der Waals surface area contributed by atoms with Gasteiger partial charge in [-0.05, 0) is 6.42 Å². The minimum atomic E-state index is -0.400. The summed E-state index contributed by atoms with van der Waals surface area (Å²) in [6.07, 6.45) is 1.97. The van der Waals surface area contributed by atoms with Gasteiger partial charge in [0.15, 0.2) is 0 Å². The molecule has 6 heteroatoms. The zero-order valence-corrected chi connectivity index (χ0v) is 10.1. The molecule has 0 saturated heterocycles. The van der Waals surface area contributed by atoms with Gasteiger partial charge in [0.25, 0.3) is 5.56 Å². The lowest BCUT2D eigenvalue weighted by Gasteiger charge is -2.15.